The molecule has 2 aliphatic rings. The fourth-order valence-electron chi connectivity index (χ4n) is 3.82. The minimum absolute atomic E-state index is 0.0112. The van der Waals surface area contributed by atoms with Crippen molar-refractivity contribution in [2.45, 2.75) is 64.8 Å². The van der Waals surface area contributed by atoms with Gasteiger partial charge in [0, 0.05) is 6.07 Å². The zero-order valence-electron chi connectivity index (χ0n) is 15.7. The molecule has 3 rings (SSSR count). The number of hydrogen-bond acceptors (Lipinski definition) is 4. The van der Waals surface area contributed by atoms with E-state index in [0.29, 0.717) is 24.0 Å². The van der Waals surface area contributed by atoms with Gasteiger partial charge in [-0.1, -0.05) is 19.8 Å². The maximum absolute atomic E-state index is 13.1. The van der Waals surface area contributed by atoms with E-state index in [1.807, 2.05) is 32.0 Å². The molecule has 0 saturated heterocycles. The van der Waals surface area contributed by atoms with Crippen molar-refractivity contribution >= 4 is 11.6 Å². The van der Waals surface area contributed by atoms with Gasteiger partial charge < -0.3 is 19.1 Å². The number of methoxy groups -OCH3 is 1. The van der Waals surface area contributed by atoms with Crippen molar-refractivity contribution in [1.29, 1.82) is 0 Å². The Labute approximate surface area is 150 Å². The molecular weight excluding hydrogens is 318 g/mol. The number of nitrogens with zero attached hydrogens (tertiary/aromatic N) is 1. The largest absolute Gasteiger partial charge is 0.497 e. The Morgan fingerprint density at radius 2 is 2.12 bits per heavy atom. The zero-order valence-corrected chi connectivity index (χ0v) is 15.7. The summed E-state index contributed by atoms with van der Waals surface area (Å²) in [4.78, 5) is 14.8. The van der Waals surface area contributed by atoms with Crippen molar-refractivity contribution in [2.24, 2.45) is 5.92 Å². The summed E-state index contributed by atoms with van der Waals surface area (Å²) in [6.45, 7) is 6.62. The summed E-state index contributed by atoms with van der Waals surface area (Å²) >= 11 is 0. The molecule has 0 spiro atoms. The topological polar surface area (TPSA) is 48.0 Å². The zero-order chi connectivity index (χ0) is 18.0. The van der Waals surface area contributed by atoms with Gasteiger partial charge in [0.25, 0.3) is 5.91 Å². The molecule has 1 fully saturated rings. The van der Waals surface area contributed by atoms with Crippen molar-refractivity contribution in [3.05, 3.63) is 18.2 Å². The second-order valence-electron chi connectivity index (χ2n) is 7.38. The second-order valence-corrected chi connectivity index (χ2v) is 7.38. The van der Waals surface area contributed by atoms with Gasteiger partial charge in [0.15, 0.2) is 0 Å². The highest BCUT2D eigenvalue weighted by atomic mass is 16.5. The summed E-state index contributed by atoms with van der Waals surface area (Å²) in [7, 11) is 1.62. The molecular formula is C20H29NO4. The SMILES string of the molecule is COc1ccc2c(c1)N(C(=O)[C@H](C)O[C@@H]1CCC[C@H](C)C1)C[C@H](C)O2. The Balaban J connectivity index is 1.75. The average molecular weight is 347 g/mol. The molecule has 1 aromatic rings. The van der Waals surface area contributed by atoms with E-state index in [1.165, 1.54) is 12.8 Å². The van der Waals surface area contributed by atoms with Crippen LogP contribution in [0.3, 0.4) is 0 Å². The fourth-order valence-corrected chi connectivity index (χ4v) is 3.82. The van der Waals surface area contributed by atoms with Gasteiger partial charge in [-0.05, 0) is 44.7 Å². The van der Waals surface area contributed by atoms with Gasteiger partial charge in [-0.2, -0.15) is 0 Å². The number of rotatable bonds is 4. The normalized spacial score (nSPS) is 27.2. The third-order valence-corrected chi connectivity index (χ3v) is 5.12. The van der Waals surface area contributed by atoms with Gasteiger partial charge in [-0.3, -0.25) is 4.79 Å². The maximum Gasteiger partial charge on any atom is 0.256 e. The summed E-state index contributed by atoms with van der Waals surface area (Å²) in [6, 6.07) is 5.57. The fraction of sp³-hybridized carbons (Fsp3) is 0.650. The van der Waals surface area contributed by atoms with Crippen LogP contribution in [0.15, 0.2) is 18.2 Å². The van der Waals surface area contributed by atoms with E-state index < -0.39 is 6.10 Å². The first-order valence-electron chi connectivity index (χ1n) is 9.29. The Bertz CT molecular complexity index is 618. The minimum Gasteiger partial charge on any atom is -0.497 e. The Kier molecular flexibility index (Phi) is 5.52. The van der Waals surface area contributed by atoms with Gasteiger partial charge in [0.05, 0.1) is 25.4 Å². The van der Waals surface area contributed by atoms with E-state index in [2.05, 4.69) is 6.92 Å². The molecule has 1 heterocycles. The lowest BCUT2D eigenvalue weighted by Gasteiger charge is -2.36. The lowest BCUT2D eigenvalue weighted by Crippen LogP contribution is -2.47. The highest BCUT2D eigenvalue weighted by molar-refractivity contribution is 5.98. The first kappa shape index (κ1) is 18.1. The van der Waals surface area contributed by atoms with Gasteiger partial charge in [0.2, 0.25) is 0 Å². The van der Waals surface area contributed by atoms with E-state index in [-0.39, 0.29) is 18.1 Å². The van der Waals surface area contributed by atoms with Crippen LogP contribution in [0.2, 0.25) is 0 Å². The van der Waals surface area contributed by atoms with E-state index >= 15 is 0 Å². The molecule has 0 radical (unpaired) electrons. The van der Waals surface area contributed by atoms with Crippen molar-refractivity contribution in [3.8, 4) is 11.5 Å². The molecule has 1 amide bonds. The molecule has 4 atom stereocenters. The van der Waals surface area contributed by atoms with Gasteiger partial charge in [-0.15, -0.1) is 0 Å². The van der Waals surface area contributed by atoms with Crippen LogP contribution < -0.4 is 14.4 Å². The number of carbonyl (C=O) groups is 1. The lowest BCUT2D eigenvalue weighted by atomic mass is 9.88. The molecule has 1 aliphatic carbocycles. The molecule has 0 aromatic heterocycles. The molecule has 1 saturated carbocycles. The maximum atomic E-state index is 13.1. The quantitative estimate of drug-likeness (QED) is 0.831. The molecule has 5 heteroatoms. The number of fused-ring (bicyclic) bond motifs is 1. The summed E-state index contributed by atoms with van der Waals surface area (Å²) in [5.74, 6) is 2.09. The van der Waals surface area contributed by atoms with E-state index in [9.17, 15) is 4.79 Å². The smallest absolute Gasteiger partial charge is 0.256 e. The van der Waals surface area contributed by atoms with Gasteiger partial charge in [0.1, 0.15) is 23.7 Å². The standard InChI is InChI=1S/C20H29NO4/c1-13-6-5-7-17(10-13)25-15(3)20(22)21-12-14(2)24-19-9-8-16(23-4)11-18(19)21/h8-9,11,13-15,17H,5-7,10,12H2,1-4H3/t13-,14-,15-,17+/m0/s1. The Morgan fingerprint density at radius 3 is 2.84 bits per heavy atom. The predicted molar refractivity (Wildman–Crippen MR) is 97.4 cm³/mol. The highest BCUT2D eigenvalue weighted by Crippen LogP contribution is 2.37. The van der Waals surface area contributed by atoms with Crippen LogP contribution in [-0.4, -0.2) is 37.9 Å². The Hall–Kier alpha value is -1.75. The van der Waals surface area contributed by atoms with Crippen molar-refractivity contribution in [1.82, 2.24) is 0 Å². The van der Waals surface area contributed by atoms with Crippen molar-refractivity contribution in [2.75, 3.05) is 18.6 Å². The molecule has 138 valence electrons. The van der Waals surface area contributed by atoms with Crippen LogP contribution in [0.1, 0.15) is 46.5 Å². The number of benzene rings is 1. The summed E-state index contributed by atoms with van der Waals surface area (Å²) < 4.78 is 17.3. The molecule has 1 aliphatic heterocycles. The van der Waals surface area contributed by atoms with E-state index in [1.54, 1.807) is 12.0 Å². The second kappa shape index (κ2) is 7.65. The number of anilines is 1. The summed E-state index contributed by atoms with van der Waals surface area (Å²) in [5, 5.41) is 0. The summed E-state index contributed by atoms with van der Waals surface area (Å²) in [6.07, 6.45) is 4.21. The van der Waals surface area contributed by atoms with Crippen LogP contribution in [0.4, 0.5) is 5.69 Å². The first-order valence-corrected chi connectivity index (χ1v) is 9.29. The third-order valence-electron chi connectivity index (χ3n) is 5.12. The number of amides is 1. The molecule has 0 bridgehead atoms. The van der Waals surface area contributed by atoms with Crippen LogP contribution in [0, 0.1) is 5.92 Å². The van der Waals surface area contributed by atoms with E-state index in [0.717, 1.165) is 18.5 Å². The Morgan fingerprint density at radius 1 is 1.32 bits per heavy atom. The van der Waals surface area contributed by atoms with E-state index in [4.69, 9.17) is 14.2 Å². The molecule has 5 nitrogen and oxygen atoms in total. The van der Waals surface area contributed by atoms with Crippen LogP contribution in [-0.2, 0) is 9.53 Å². The number of hydrogen-bond donors (Lipinski definition) is 0. The van der Waals surface area contributed by atoms with Gasteiger partial charge >= 0.3 is 0 Å². The third kappa shape index (κ3) is 4.09. The van der Waals surface area contributed by atoms with Crippen LogP contribution in [0.25, 0.3) is 0 Å². The van der Waals surface area contributed by atoms with Crippen LogP contribution in [0.5, 0.6) is 11.5 Å². The minimum atomic E-state index is -0.459. The lowest BCUT2D eigenvalue weighted by molar-refractivity contribution is -0.134. The monoisotopic (exact) mass is 347 g/mol. The molecule has 0 unspecified atom stereocenters. The number of carbonyl (C=O) groups excluding carboxylic acids is 1. The average Bonchev–Trinajstić information content (AvgIpc) is 2.60. The van der Waals surface area contributed by atoms with Crippen molar-refractivity contribution < 1.29 is 19.0 Å². The van der Waals surface area contributed by atoms with Crippen molar-refractivity contribution in [3.63, 3.8) is 0 Å². The van der Waals surface area contributed by atoms with Crippen LogP contribution >= 0.6 is 0 Å². The predicted octanol–water partition coefficient (Wildman–Crippen LogP) is 3.79. The molecule has 0 N–H and O–H groups in total. The number of ether oxygens (including phenoxy) is 3. The first-order chi connectivity index (χ1) is 12.0. The highest BCUT2D eigenvalue weighted by Gasteiger charge is 2.33. The molecule has 1 aromatic carbocycles. The molecule has 25 heavy (non-hydrogen) atoms. The van der Waals surface area contributed by atoms with Gasteiger partial charge in [-0.25, -0.2) is 0 Å². The summed E-state index contributed by atoms with van der Waals surface area (Å²) in [5.41, 5.74) is 0.759.